The van der Waals surface area contributed by atoms with Crippen molar-refractivity contribution in [3.8, 4) is 0 Å². The monoisotopic (exact) mass is 431 g/mol. The van der Waals surface area contributed by atoms with Crippen LogP contribution in [0.4, 0.5) is 5.69 Å². The Morgan fingerprint density at radius 2 is 1.94 bits per heavy atom. The van der Waals surface area contributed by atoms with Gasteiger partial charge in [-0.3, -0.25) is 4.79 Å². The van der Waals surface area contributed by atoms with E-state index in [1.165, 1.54) is 12.8 Å². The summed E-state index contributed by atoms with van der Waals surface area (Å²) in [6, 6.07) is 12.1. The van der Waals surface area contributed by atoms with Crippen molar-refractivity contribution in [3.63, 3.8) is 0 Å². The highest BCUT2D eigenvalue weighted by Gasteiger charge is 2.54. The highest BCUT2D eigenvalue weighted by Crippen LogP contribution is 2.56. The van der Waals surface area contributed by atoms with Gasteiger partial charge in [-0.05, 0) is 61.5 Å². The SMILES string of the molecule is O=C(COCc1ccccc1)c1cnc2[nH]ccc2c1NC1C2CC3CC1CC(O)(C3)C2. The molecule has 4 bridgehead atoms. The molecule has 3 aromatic rings. The molecule has 0 spiro atoms. The van der Waals surface area contributed by atoms with E-state index >= 15 is 0 Å². The summed E-state index contributed by atoms with van der Waals surface area (Å²) in [6.45, 7) is 0.419. The standard InChI is InChI=1S/C26H29N3O3/c30-22(15-32-14-16-4-2-1-3-5-16)21-13-28-25-20(6-7-27-25)24(21)29-23-18-8-17-9-19(23)12-26(31,10-17)11-18/h1-7,13,17-19,23,31H,8-12,14-15H2,(H2,27,28,29). The van der Waals surface area contributed by atoms with Crippen LogP contribution in [0.5, 0.6) is 0 Å². The zero-order valence-electron chi connectivity index (χ0n) is 18.1. The Bertz CT molecular complexity index is 1130. The molecule has 4 aliphatic carbocycles. The number of rotatable bonds is 7. The normalized spacial score (nSPS) is 30.7. The number of pyridine rings is 1. The molecule has 4 saturated carbocycles. The van der Waals surface area contributed by atoms with Crippen LogP contribution in [-0.2, 0) is 11.3 Å². The lowest BCUT2D eigenvalue weighted by molar-refractivity contribution is -0.129. The third kappa shape index (κ3) is 3.51. The summed E-state index contributed by atoms with van der Waals surface area (Å²) in [5.41, 5.74) is 2.79. The number of aliphatic hydroxyl groups is 1. The molecule has 0 aliphatic heterocycles. The maximum Gasteiger partial charge on any atom is 0.192 e. The molecule has 0 radical (unpaired) electrons. The molecule has 2 atom stereocenters. The van der Waals surface area contributed by atoms with Crippen LogP contribution in [0.15, 0.2) is 48.8 Å². The molecule has 7 rings (SSSR count). The highest BCUT2D eigenvalue weighted by atomic mass is 16.5. The number of H-pyrrole nitrogens is 1. The Morgan fingerprint density at radius 1 is 1.16 bits per heavy atom. The van der Waals surface area contributed by atoms with Gasteiger partial charge in [-0.2, -0.15) is 0 Å². The Labute approximate surface area is 187 Å². The van der Waals surface area contributed by atoms with Gasteiger partial charge in [-0.1, -0.05) is 30.3 Å². The average Bonchev–Trinajstić information content (AvgIpc) is 3.25. The zero-order chi connectivity index (χ0) is 21.7. The lowest BCUT2D eigenvalue weighted by Gasteiger charge is -2.58. The van der Waals surface area contributed by atoms with Crippen molar-refractivity contribution in [1.29, 1.82) is 0 Å². The summed E-state index contributed by atoms with van der Waals surface area (Å²) in [6.07, 6.45) is 8.56. The number of nitrogens with one attached hydrogen (secondary N) is 2. The van der Waals surface area contributed by atoms with Gasteiger partial charge in [-0.25, -0.2) is 4.98 Å². The van der Waals surface area contributed by atoms with Crippen LogP contribution in [-0.4, -0.2) is 39.1 Å². The highest BCUT2D eigenvalue weighted by molar-refractivity contribution is 6.08. The minimum atomic E-state index is -0.472. The van der Waals surface area contributed by atoms with Crippen molar-refractivity contribution in [3.05, 3.63) is 59.9 Å². The van der Waals surface area contributed by atoms with Gasteiger partial charge in [0.2, 0.25) is 0 Å². The van der Waals surface area contributed by atoms with Crippen LogP contribution in [0.25, 0.3) is 11.0 Å². The number of nitrogens with zero attached hydrogens (tertiary/aromatic N) is 1. The Morgan fingerprint density at radius 3 is 2.69 bits per heavy atom. The number of aromatic amines is 1. The Hall–Kier alpha value is -2.70. The van der Waals surface area contributed by atoms with Crippen molar-refractivity contribution in [2.75, 3.05) is 11.9 Å². The maximum absolute atomic E-state index is 13.2. The van der Waals surface area contributed by atoms with E-state index in [1.807, 2.05) is 42.6 Å². The molecule has 2 aromatic heterocycles. The molecular formula is C26H29N3O3. The summed E-state index contributed by atoms with van der Waals surface area (Å²) in [7, 11) is 0. The number of ketones is 1. The first-order valence-electron chi connectivity index (χ1n) is 11.7. The second kappa shape index (κ2) is 7.71. The number of anilines is 1. The van der Waals surface area contributed by atoms with Gasteiger partial charge < -0.3 is 20.1 Å². The molecule has 3 N–H and O–H groups in total. The van der Waals surface area contributed by atoms with E-state index < -0.39 is 5.60 Å². The van der Waals surface area contributed by atoms with Crippen molar-refractivity contribution in [1.82, 2.24) is 9.97 Å². The summed E-state index contributed by atoms with van der Waals surface area (Å²) in [4.78, 5) is 20.8. The second-order valence-electron chi connectivity index (χ2n) is 10.1. The summed E-state index contributed by atoms with van der Waals surface area (Å²) in [5.74, 6) is 1.48. The Balaban J connectivity index is 1.24. The number of benzene rings is 1. The number of Topliss-reactive ketones (excluding diaryl/α,β-unsaturated/α-hetero) is 1. The van der Waals surface area contributed by atoms with Crippen LogP contribution >= 0.6 is 0 Å². The number of ether oxygens (including phenoxy) is 1. The molecule has 0 amide bonds. The van der Waals surface area contributed by atoms with Gasteiger partial charge >= 0.3 is 0 Å². The summed E-state index contributed by atoms with van der Waals surface area (Å²) < 4.78 is 5.74. The van der Waals surface area contributed by atoms with E-state index in [0.29, 0.717) is 29.9 Å². The van der Waals surface area contributed by atoms with Crippen molar-refractivity contribution in [2.45, 2.75) is 50.4 Å². The molecule has 32 heavy (non-hydrogen) atoms. The molecule has 1 aromatic carbocycles. The largest absolute Gasteiger partial charge is 0.390 e. The average molecular weight is 432 g/mol. The number of hydrogen-bond acceptors (Lipinski definition) is 5. The third-order valence-corrected chi connectivity index (χ3v) is 7.78. The van der Waals surface area contributed by atoms with Crippen LogP contribution in [0, 0.1) is 17.8 Å². The zero-order valence-corrected chi connectivity index (χ0v) is 18.1. The third-order valence-electron chi connectivity index (χ3n) is 7.78. The van der Waals surface area contributed by atoms with Crippen LogP contribution in [0.1, 0.15) is 48.0 Å². The summed E-state index contributed by atoms with van der Waals surface area (Å²) in [5, 5.41) is 15.7. The minimum absolute atomic E-state index is 0.0144. The smallest absolute Gasteiger partial charge is 0.192 e. The van der Waals surface area contributed by atoms with E-state index in [2.05, 4.69) is 15.3 Å². The molecule has 4 fully saturated rings. The number of hydrogen-bond donors (Lipinski definition) is 3. The summed E-state index contributed by atoms with van der Waals surface area (Å²) >= 11 is 0. The molecular weight excluding hydrogens is 402 g/mol. The predicted octanol–water partition coefficient (Wildman–Crippen LogP) is 4.31. The number of carbonyl (C=O) groups is 1. The molecule has 4 aliphatic rings. The first-order chi connectivity index (χ1) is 15.6. The quantitative estimate of drug-likeness (QED) is 0.485. The number of carbonyl (C=O) groups excluding carboxylic acids is 1. The van der Waals surface area contributed by atoms with Gasteiger partial charge in [-0.15, -0.1) is 0 Å². The van der Waals surface area contributed by atoms with E-state index in [4.69, 9.17) is 4.74 Å². The van der Waals surface area contributed by atoms with Crippen LogP contribution in [0.3, 0.4) is 0 Å². The molecule has 2 unspecified atom stereocenters. The van der Waals surface area contributed by atoms with Crippen LogP contribution in [0.2, 0.25) is 0 Å². The number of aromatic nitrogens is 2. The molecule has 166 valence electrons. The Kier molecular flexibility index (Phi) is 4.81. The molecule has 2 heterocycles. The van der Waals surface area contributed by atoms with Crippen molar-refractivity contribution < 1.29 is 14.6 Å². The molecule has 0 saturated heterocycles. The van der Waals surface area contributed by atoms with Gasteiger partial charge in [0.05, 0.1) is 23.5 Å². The molecule has 6 nitrogen and oxygen atoms in total. The van der Waals surface area contributed by atoms with Crippen molar-refractivity contribution >= 4 is 22.5 Å². The fraction of sp³-hybridized carbons (Fsp3) is 0.462. The fourth-order valence-corrected chi connectivity index (χ4v) is 6.67. The van der Waals surface area contributed by atoms with Crippen molar-refractivity contribution in [2.24, 2.45) is 17.8 Å². The predicted molar refractivity (Wildman–Crippen MR) is 122 cm³/mol. The van der Waals surface area contributed by atoms with Gasteiger partial charge in [0.15, 0.2) is 5.78 Å². The lowest BCUT2D eigenvalue weighted by atomic mass is 9.52. The van der Waals surface area contributed by atoms with Gasteiger partial charge in [0.1, 0.15) is 12.3 Å². The minimum Gasteiger partial charge on any atom is -0.390 e. The molecule has 6 heteroatoms. The van der Waals surface area contributed by atoms with Gasteiger partial charge in [0.25, 0.3) is 0 Å². The number of fused-ring (bicyclic) bond motifs is 1. The fourth-order valence-electron chi connectivity index (χ4n) is 6.67. The maximum atomic E-state index is 13.2. The second-order valence-corrected chi connectivity index (χ2v) is 10.1. The topological polar surface area (TPSA) is 87.2 Å². The van der Waals surface area contributed by atoms with E-state index in [0.717, 1.165) is 41.5 Å². The van der Waals surface area contributed by atoms with E-state index in [9.17, 15) is 9.90 Å². The van der Waals surface area contributed by atoms with Crippen LogP contribution < -0.4 is 5.32 Å². The first-order valence-corrected chi connectivity index (χ1v) is 11.7. The van der Waals surface area contributed by atoms with E-state index in [1.54, 1.807) is 6.20 Å². The first kappa shape index (κ1) is 19.9. The van der Waals surface area contributed by atoms with Gasteiger partial charge in [0, 0.05) is 23.8 Å². The lowest BCUT2D eigenvalue weighted by Crippen LogP contribution is -2.59. The van der Waals surface area contributed by atoms with E-state index in [-0.39, 0.29) is 18.4 Å².